The molecule has 0 aromatic heterocycles. The van der Waals surface area contributed by atoms with Crippen LogP contribution >= 0.6 is 0 Å². The maximum absolute atomic E-state index is 13.4. The monoisotopic (exact) mass is 296 g/mol. The van der Waals surface area contributed by atoms with Gasteiger partial charge in [0.2, 0.25) is 0 Å². The zero-order valence-electron chi connectivity index (χ0n) is 12.4. The van der Waals surface area contributed by atoms with Gasteiger partial charge in [-0.25, -0.2) is 4.39 Å². The first-order valence-corrected chi connectivity index (χ1v) is 7.01. The molecule has 0 radical (unpaired) electrons. The molecule has 1 aliphatic rings. The summed E-state index contributed by atoms with van der Waals surface area (Å²) in [7, 11) is 3.38. The van der Waals surface area contributed by atoms with Crippen LogP contribution in [0.15, 0.2) is 18.2 Å². The van der Waals surface area contributed by atoms with Crippen LogP contribution in [0, 0.1) is 5.82 Å². The Morgan fingerprint density at radius 2 is 2.29 bits per heavy atom. The minimum absolute atomic E-state index is 0.0300. The van der Waals surface area contributed by atoms with Gasteiger partial charge < -0.3 is 19.7 Å². The summed E-state index contributed by atoms with van der Waals surface area (Å²) in [4.78, 5) is 13.5. The largest absolute Gasteiger partial charge is 0.480 e. The summed E-state index contributed by atoms with van der Waals surface area (Å²) in [6.07, 6.45) is 0.182. The van der Waals surface area contributed by atoms with Gasteiger partial charge in [-0.3, -0.25) is 4.79 Å². The molecule has 1 atom stereocenters. The highest BCUT2D eigenvalue weighted by Gasteiger charge is 2.31. The first-order valence-electron chi connectivity index (χ1n) is 7.01. The molecule has 1 heterocycles. The van der Waals surface area contributed by atoms with Crippen molar-refractivity contribution in [3.05, 3.63) is 29.6 Å². The lowest BCUT2D eigenvalue weighted by atomic mass is 10.2. The Morgan fingerprint density at radius 3 is 2.95 bits per heavy atom. The Hall–Kier alpha value is -1.66. The number of benzene rings is 1. The predicted octanol–water partition coefficient (Wildman–Crippen LogP) is 1.17. The van der Waals surface area contributed by atoms with Crippen LogP contribution in [0.5, 0.6) is 5.75 Å². The third-order valence-corrected chi connectivity index (χ3v) is 3.47. The number of rotatable bonds is 7. The van der Waals surface area contributed by atoms with Crippen LogP contribution in [0.2, 0.25) is 0 Å². The van der Waals surface area contributed by atoms with E-state index in [9.17, 15) is 9.18 Å². The maximum atomic E-state index is 13.4. The lowest BCUT2D eigenvalue weighted by Crippen LogP contribution is -2.30. The highest BCUT2D eigenvalue weighted by Crippen LogP contribution is 2.24. The van der Waals surface area contributed by atoms with Crippen LogP contribution in [0.4, 0.5) is 4.39 Å². The van der Waals surface area contributed by atoms with Gasteiger partial charge in [-0.2, -0.15) is 0 Å². The van der Waals surface area contributed by atoms with Crippen LogP contribution in [0.3, 0.4) is 0 Å². The minimum atomic E-state index is -0.474. The molecule has 1 amide bonds. The zero-order valence-corrected chi connectivity index (χ0v) is 12.4. The molecule has 116 valence electrons. The fourth-order valence-electron chi connectivity index (χ4n) is 2.25. The Labute approximate surface area is 124 Å². The van der Waals surface area contributed by atoms with Gasteiger partial charge in [0, 0.05) is 45.8 Å². The van der Waals surface area contributed by atoms with Crippen LogP contribution < -0.4 is 10.1 Å². The number of methoxy groups -OCH3 is 1. The van der Waals surface area contributed by atoms with Crippen molar-refractivity contribution >= 4 is 5.91 Å². The number of likely N-dealkylation sites (tertiary alicyclic amines) is 1. The maximum Gasteiger partial charge on any atom is 0.263 e. The van der Waals surface area contributed by atoms with Crippen molar-refractivity contribution in [2.75, 3.05) is 33.9 Å². The van der Waals surface area contributed by atoms with Crippen molar-refractivity contribution in [2.24, 2.45) is 0 Å². The second kappa shape index (κ2) is 7.38. The molecule has 0 spiro atoms. The third-order valence-electron chi connectivity index (χ3n) is 3.47. The van der Waals surface area contributed by atoms with Crippen LogP contribution in [-0.4, -0.2) is 50.8 Å². The lowest BCUT2D eigenvalue weighted by molar-refractivity contribution is -0.132. The van der Waals surface area contributed by atoms with E-state index in [-0.39, 0.29) is 11.7 Å². The Morgan fingerprint density at radius 1 is 1.48 bits per heavy atom. The van der Waals surface area contributed by atoms with Gasteiger partial charge in [-0.15, -0.1) is 0 Å². The second-order valence-corrected chi connectivity index (χ2v) is 5.08. The topological polar surface area (TPSA) is 50.8 Å². The van der Waals surface area contributed by atoms with E-state index in [0.29, 0.717) is 44.0 Å². The van der Waals surface area contributed by atoms with E-state index in [0.717, 1.165) is 0 Å². The quantitative estimate of drug-likeness (QED) is 0.768. The molecule has 21 heavy (non-hydrogen) atoms. The minimum Gasteiger partial charge on any atom is -0.480 e. The summed E-state index contributed by atoms with van der Waals surface area (Å²) in [5.41, 5.74) is 0.702. The number of nitrogens with one attached hydrogen (secondary N) is 1. The van der Waals surface area contributed by atoms with Crippen molar-refractivity contribution < 1.29 is 18.7 Å². The Balaban J connectivity index is 2.02. The van der Waals surface area contributed by atoms with Crippen LogP contribution in [-0.2, 0) is 16.1 Å². The van der Waals surface area contributed by atoms with E-state index in [1.807, 2.05) is 0 Å². The second-order valence-electron chi connectivity index (χ2n) is 5.08. The van der Waals surface area contributed by atoms with Crippen molar-refractivity contribution in [3.8, 4) is 5.75 Å². The average Bonchev–Trinajstić information content (AvgIpc) is 2.78. The molecule has 1 saturated heterocycles. The predicted molar refractivity (Wildman–Crippen MR) is 76.7 cm³/mol. The van der Waals surface area contributed by atoms with E-state index in [1.54, 1.807) is 25.1 Å². The molecule has 0 aliphatic carbocycles. The molecular formula is C15H21FN2O3. The molecule has 1 aromatic rings. The number of hydrogen-bond donors (Lipinski definition) is 1. The molecule has 5 nitrogen and oxygen atoms in total. The van der Waals surface area contributed by atoms with Gasteiger partial charge in [-0.05, 0) is 18.2 Å². The SMILES string of the molecule is COCCNCc1cc(F)ccc1OC1CCN(C)C1=O. The molecule has 1 N–H and O–H groups in total. The van der Waals surface area contributed by atoms with E-state index < -0.39 is 6.10 Å². The molecule has 6 heteroatoms. The number of amides is 1. The van der Waals surface area contributed by atoms with Crippen molar-refractivity contribution in [2.45, 2.75) is 19.1 Å². The number of hydrogen-bond acceptors (Lipinski definition) is 4. The van der Waals surface area contributed by atoms with Crippen LogP contribution in [0.25, 0.3) is 0 Å². The molecule has 1 aromatic carbocycles. The number of carbonyl (C=O) groups excluding carboxylic acids is 1. The summed E-state index contributed by atoms with van der Waals surface area (Å²) < 4.78 is 24.1. The molecular weight excluding hydrogens is 275 g/mol. The molecule has 2 rings (SSSR count). The summed E-state index contributed by atoms with van der Waals surface area (Å²) in [5, 5.41) is 3.15. The zero-order chi connectivity index (χ0) is 15.2. The van der Waals surface area contributed by atoms with Crippen molar-refractivity contribution in [1.29, 1.82) is 0 Å². The molecule has 1 fully saturated rings. The molecule has 0 bridgehead atoms. The van der Waals surface area contributed by atoms with Gasteiger partial charge in [0.05, 0.1) is 6.61 Å². The lowest BCUT2D eigenvalue weighted by Gasteiger charge is -2.16. The van der Waals surface area contributed by atoms with E-state index >= 15 is 0 Å². The Kier molecular flexibility index (Phi) is 5.52. The average molecular weight is 296 g/mol. The van der Waals surface area contributed by atoms with E-state index in [2.05, 4.69) is 5.32 Å². The third kappa shape index (κ3) is 4.15. The number of likely N-dealkylation sites (N-methyl/N-ethyl adjacent to an activating group) is 1. The van der Waals surface area contributed by atoms with Crippen LogP contribution in [0.1, 0.15) is 12.0 Å². The van der Waals surface area contributed by atoms with Gasteiger partial charge in [0.25, 0.3) is 5.91 Å². The van der Waals surface area contributed by atoms with E-state index in [4.69, 9.17) is 9.47 Å². The summed E-state index contributed by atoms with van der Waals surface area (Å²) in [6.45, 7) is 2.40. The van der Waals surface area contributed by atoms with Gasteiger partial charge in [0.1, 0.15) is 11.6 Å². The Bertz CT molecular complexity index is 496. The summed E-state index contributed by atoms with van der Waals surface area (Å²) in [6, 6.07) is 4.35. The van der Waals surface area contributed by atoms with E-state index in [1.165, 1.54) is 12.1 Å². The first-order chi connectivity index (χ1) is 10.1. The molecule has 0 saturated carbocycles. The fourth-order valence-corrected chi connectivity index (χ4v) is 2.25. The number of carbonyl (C=O) groups is 1. The van der Waals surface area contributed by atoms with Gasteiger partial charge in [0.15, 0.2) is 6.10 Å². The summed E-state index contributed by atoms with van der Waals surface area (Å²) >= 11 is 0. The standard InChI is InChI=1S/C15H21FN2O3/c1-18-7-5-14(15(18)19)21-13-4-3-12(16)9-11(13)10-17-6-8-20-2/h3-4,9,14,17H,5-8,10H2,1-2H3. The first kappa shape index (κ1) is 15.7. The molecule has 1 unspecified atom stereocenters. The smallest absolute Gasteiger partial charge is 0.263 e. The fraction of sp³-hybridized carbons (Fsp3) is 0.533. The highest BCUT2D eigenvalue weighted by atomic mass is 19.1. The van der Waals surface area contributed by atoms with Crippen molar-refractivity contribution in [1.82, 2.24) is 10.2 Å². The summed E-state index contributed by atoms with van der Waals surface area (Å²) in [5.74, 6) is 0.202. The highest BCUT2D eigenvalue weighted by molar-refractivity contribution is 5.83. The number of nitrogens with zero attached hydrogens (tertiary/aromatic N) is 1. The van der Waals surface area contributed by atoms with Gasteiger partial charge in [-0.1, -0.05) is 0 Å². The normalized spacial score (nSPS) is 18.3. The number of ether oxygens (including phenoxy) is 2. The van der Waals surface area contributed by atoms with Crippen molar-refractivity contribution in [3.63, 3.8) is 0 Å². The molecule has 1 aliphatic heterocycles. The van der Waals surface area contributed by atoms with Gasteiger partial charge >= 0.3 is 0 Å². The number of halogens is 1.